The van der Waals surface area contributed by atoms with Crippen molar-refractivity contribution >= 4 is 17.7 Å². The first-order valence-electron chi connectivity index (χ1n) is 4.07. The number of nitrogens with zero attached hydrogens (tertiary/aromatic N) is 1. The Hall–Kier alpha value is -1.17. The SMILES string of the molecule is Cc1cc(C)nc(SC(F)(F)C(=O)O)c1. The van der Waals surface area contributed by atoms with Crippen molar-refractivity contribution in [1.82, 2.24) is 4.98 Å². The molecule has 82 valence electrons. The van der Waals surface area contributed by atoms with Gasteiger partial charge in [-0.1, -0.05) is 0 Å². The number of hydrogen-bond acceptors (Lipinski definition) is 3. The summed E-state index contributed by atoms with van der Waals surface area (Å²) in [7, 11) is 0. The molecule has 1 aromatic rings. The zero-order chi connectivity index (χ0) is 11.6. The third kappa shape index (κ3) is 3.16. The van der Waals surface area contributed by atoms with Crippen molar-refractivity contribution < 1.29 is 18.7 Å². The lowest BCUT2D eigenvalue weighted by Crippen LogP contribution is -2.23. The molecule has 1 heterocycles. The zero-order valence-corrected chi connectivity index (χ0v) is 8.94. The number of aromatic nitrogens is 1. The standard InChI is InChI=1S/C9H9F2NO2S/c1-5-3-6(2)12-7(4-5)15-9(10,11)8(13)14/h3-4H,1-2H3,(H,13,14). The van der Waals surface area contributed by atoms with Crippen LogP contribution in [-0.4, -0.2) is 21.3 Å². The maximum absolute atomic E-state index is 12.8. The van der Waals surface area contributed by atoms with E-state index in [0.29, 0.717) is 5.69 Å². The van der Waals surface area contributed by atoms with Crippen LogP contribution in [0.3, 0.4) is 0 Å². The molecule has 0 aromatic carbocycles. The highest BCUT2D eigenvalue weighted by Crippen LogP contribution is 2.35. The minimum Gasteiger partial charge on any atom is -0.476 e. The van der Waals surface area contributed by atoms with E-state index in [4.69, 9.17) is 5.11 Å². The molecule has 0 fully saturated rings. The largest absolute Gasteiger partial charge is 0.476 e. The number of aliphatic carboxylic acids is 1. The summed E-state index contributed by atoms with van der Waals surface area (Å²) in [4.78, 5) is 14.0. The van der Waals surface area contributed by atoms with Crippen molar-refractivity contribution in [2.45, 2.75) is 24.1 Å². The van der Waals surface area contributed by atoms with Crippen molar-refractivity contribution in [1.29, 1.82) is 0 Å². The smallest absolute Gasteiger partial charge is 0.394 e. The van der Waals surface area contributed by atoms with Crippen molar-refractivity contribution in [2.24, 2.45) is 0 Å². The average Bonchev–Trinajstić information content (AvgIpc) is 1.99. The molecule has 0 saturated heterocycles. The number of rotatable bonds is 3. The Morgan fingerprint density at radius 1 is 1.47 bits per heavy atom. The molecule has 6 heteroatoms. The summed E-state index contributed by atoms with van der Waals surface area (Å²) in [5, 5.41) is 4.42. The van der Waals surface area contributed by atoms with Gasteiger partial charge in [0.2, 0.25) is 0 Å². The van der Waals surface area contributed by atoms with E-state index >= 15 is 0 Å². The molecule has 1 aromatic heterocycles. The molecule has 0 radical (unpaired) electrons. The second kappa shape index (κ2) is 4.14. The highest BCUT2D eigenvalue weighted by Gasteiger charge is 2.40. The van der Waals surface area contributed by atoms with E-state index in [0.717, 1.165) is 5.56 Å². The fraction of sp³-hybridized carbons (Fsp3) is 0.333. The lowest BCUT2D eigenvalue weighted by molar-refractivity contribution is -0.152. The molecule has 3 nitrogen and oxygen atoms in total. The normalized spacial score (nSPS) is 11.5. The maximum atomic E-state index is 12.8. The minimum atomic E-state index is -3.84. The van der Waals surface area contributed by atoms with Crippen LogP contribution in [0.2, 0.25) is 0 Å². The van der Waals surface area contributed by atoms with E-state index in [-0.39, 0.29) is 16.8 Å². The van der Waals surface area contributed by atoms with Gasteiger partial charge in [0, 0.05) is 5.69 Å². The number of alkyl halides is 2. The van der Waals surface area contributed by atoms with E-state index in [1.165, 1.54) is 6.07 Å². The fourth-order valence-corrected chi connectivity index (χ4v) is 1.82. The van der Waals surface area contributed by atoms with Gasteiger partial charge in [-0.3, -0.25) is 0 Å². The summed E-state index contributed by atoms with van der Waals surface area (Å²) >= 11 is -0.0617. The van der Waals surface area contributed by atoms with E-state index in [1.54, 1.807) is 19.9 Å². The number of pyridine rings is 1. The molecule has 15 heavy (non-hydrogen) atoms. The topological polar surface area (TPSA) is 50.2 Å². The molecule has 0 aliphatic rings. The molecule has 0 unspecified atom stereocenters. The molecule has 0 spiro atoms. The molecule has 1 N–H and O–H groups in total. The van der Waals surface area contributed by atoms with Gasteiger partial charge in [0.1, 0.15) is 5.03 Å². The molecule has 0 bridgehead atoms. The third-order valence-electron chi connectivity index (χ3n) is 1.56. The summed E-state index contributed by atoms with van der Waals surface area (Å²) in [6.07, 6.45) is 0. The first-order valence-corrected chi connectivity index (χ1v) is 4.88. The molecule has 0 amide bonds. The van der Waals surface area contributed by atoms with Gasteiger partial charge >= 0.3 is 11.2 Å². The Kier molecular flexibility index (Phi) is 3.28. The Labute approximate surface area is 89.5 Å². The van der Waals surface area contributed by atoms with E-state index in [9.17, 15) is 13.6 Å². The van der Waals surface area contributed by atoms with Crippen molar-refractivity contribution in [3.63, 3.8) is 0 Å². The summed E-state index contributed by atoms with van der Waals surface area (Å²) in [5.41, 5.74) is 1.35. The van der Waals surface area contributed by atoms with Crippen LogP contribution < -0.4 is 0 Å². The summed E-state index contributed by atoms with van der Waals surface area (Å²) in [6.45, 7) is 3.40. The second-order valence-corrected chi connectivity index (χ2v) is 4.18. The summed E-state index contributed by atoms with van der Waals surface area (Å²) in [5.74, 6) is -2.16. The number of thioether (sulfide) groups is 1. The monoisotopic (exact) mass is 233 g/mol. The van der Waals surface area contributed by atoms with Crippen LogP contribution in [0.25, 0.3) is 0 Å². The summed E-state index contributed by atoms with van der Waals surface area (Å²) < 4.78 is 25.6. The molecule has 0 aliphatic carbocycles. The lowest BCUT2D eigenvalue weighted by atomic mass is 10.3. The van der Waals surface area contributed by atoms with Crippen LogP contribution in [0.1, 0.15) is 11.3 Å². The van der Waals surface area contributed by atoms with E-state index in [1.807, 2.05) is 0 Å². The van der Waals surface area contributed by atoms with Gasteiger partial charge in [-0.15, -0.1) is 0 Å². The fourth-order valence-electron chi connectivity index (χ4n) is 1.03. The molecule has 0 aliphatic heterocycles. The van der Waals surface area contributed by atoms with Crippen LogP contribution in [0.4, 0.5) is 8.78 Å². The third-order valence-corrected chi connectivity index (χ3v) is 2.41. The quantitative estimate of drug-likeness (QED) is 0.815. The zero-order valence-electron chi connectivity index (χ0n) is 8.12. The molecule has 0 saturated carbocycles. The Morgan fingerprint density at radius 3 is 2.53 bits per heavy atom. The van der Waals surface area contributed by atoms with Crippen molar-refractivity contribution in [3.8, 4) is 0 Å². The van der Waals surface area contributed by atoms with Crippen LogP contribution in [0.5, 0.6) is 0 Å². The van der Waals surface area contributed by atoms with Gasteiger partial charge in [0.05, 0.1) is 0 Å². The minimum absolute atomic E-state index is 0.0138. The van der Waals surface area contributed by atoms with Gasteiger partial charge in [0.25, 0.3) is 0 Å². The molecular weight excluding hydrogens is 224 g/mol. The average molecular weight is 233 g/mol. The molecule has 0 atom stereocenters. The van der Waals surface area contributed by atoms with Gasteiger partial charge in [0.15, 0.2) is 0 Å². The first-order chi connectivity index (χ1) is 6.81. The number of halogens is 2. The van der Waals surface area contributed by atoms with Gasteiger partial charge in [-0.25, -0.2) is 9.78 Å². The number of carboxylic acid groups (broad SMARTS) is 1. The van der Waals surface area contributed by atoms with E-state index < -0.39 is 11.2 Å². The molecule has 1 rings (SSSR count). The molecular formula is C9H9F2NO2S. The highest BCUT2D eigenvalue weighted by atomic mass is 32.2. The van der Waals surface area contributed by atoms with Crippen LogP contribution >= 0.6 is 11.8 Å². The van der Waals surface area contributed by atoms with Gasteiger partial charge in [-0.2, -0.15) is 8.78 Å². The van der Waals surface area contributed by atoms with E-state index in [2.05, 4.69) is 4.98 Å². The maximum Gasteiger partial charge on any atom is 0.394 e. The lowest BCUT2D eigenvalue weighted by Gasteiger charge is -2.10. The second-order valence-electron chi connectivity index (χ2n) is 3.05. The number of carboxylic acids is 1. The van der Waals surface area contributed by atoms with Crippen molar-refractivity contribution in [3.05, 3.63) is 23.4 Å². The van der Waals surface area contributed by atoms with Gasteiger partial charge in [-0.05, 0) is 43.3 Å². The summed E-state index contributed by atoms with van der Waals surface area (Å²) in [6, 6.07) is 3.15. The Morgan fingerprint density at radius 2 is 2.07 bits per heavy atom. The Balaban J connectivity index is 2.94. The number of carbonyl (C=O) groups is 1. The Bertz CT molecular complexity index is 375. The van der Waals surface area contributed by atoms with Gasteiger partial charge < -0.3 is 5.11 Å². The number of aryl methyl sites for hydroxylation is 2. The predicted octanol–water partition coefficient (Wildman–Crippen LogP) is 2.47. The highest BCUT2D eigenvalue weighted by molar-refractivity contribution is 8.01. The number of hydrogen-bond donors (Lipinski definition) is 1. The first kappa shape index (κ1) is 11.9. The van der Waals surface area contributed by atoms with Crippen molar-refractivity contribution in [2.75, 3.05) is 0 Å². The predicted molar refractivity (Wildman–Crippen MR) is 52.2 cm³/mol. The van der Waals surface area contributed by atoms with Crippen LogP contribution in [-0.2, 0) is 4.79 Å². The van der Waals surface area contributed by atoms with Crippen LogP contribution in [0.15, 0.2) is 17.2 Å². The van der Waals surface area contributed by atoms with Crippen LogP contribution in [0, 0.1) is 13.8 Å².